The third kappa shape index (κ3) is 6.74. The van der Waals surface area contributed by atoms with Crippen LogP contribution in [0.25, 0.3) is 22.2 Å². The number of nitrogens with one attached hydrogen (secondary N) is 1. The van der Waals surface area contributed by atoms with Gasteiger partial charge in [-0.15, -0.1) is 0 Å². The highest BCUT2D eigenvalue weighted by Gasteiger charge is 2.58. The fourth-order valence-corrected chi connectivity index (χ4v) is 5.52. The molecule has 1 amide bonds. The Bertz CT molecular complexity index is 1460. The van der Waals surface area contributed by atoms with Crippen LogP contribution in [0, 0.1) is 17.8 Å². The molecule has 1 aromatic heterocycles. The molecule has 214 valence electrons. The number of aromatic nitrogens is 1. The van der Waals surface area contributed by atoms with Gasteiger partial charge in [-0.3, -0.25) is 4.79 Å². The van der Waals surface area contributed by atoms with E-state index in [9.17, 15) is 15.1 Å². The summed E-state index contributed by atoms with van der Waals surface area (Å²) in [5.41, 5.74) is 6.94. The zero-order chi connectivity index (χ0) is 28.9. The van der Waals surface area contributed by atoms with E-state index in [2.05, 4.69) is 24.3 Å². The lowest BCUT2D eigenvalue weighted by molar-refractivity contribution is -0.132. The number of ether oxygens (including phenoxy) is 1. The second kappa shape index (κ2) is 12.8. The highest BCUT2D eigenvalue weighted by molar-refractivity contribution is 5.85. The highest BCUT2D eigenvalue weighted by atomic mass is 16.5. The van der Waals surface area contributed by atoms with Crippen LogP contribution in [0.5, 0.6) is 5.75 Å². The molecular formula is C33H38N4O4. The van der Waals surface area contributed by atoms with Gasteiger partial charge in [0.15, 0.2) is 0 Å². The maximum atomic E-state index is 13.1. The van der Waals surface area contributed by atoms with Crippen molar-refractivity contribution in [1.29, 1.82) is 0 Å². The van der Waals surface area contributed by atoms with E-state index >= 15 is 0 Å². The summed E-state index contributed by atoms with van der Waals surface area (Å²) < 4.78 is 6.20. The second-order valence-corrected chi connectivity index (χ2v) is 11.1. The van der Waals surface area contributed by atoms with Crippen molar-refractivity contribution in [3.63, 3.8) is 0 Å². The van der Waals surface area contributed by atoms with E-state index < -0.39 is 6.23 Å². The van der Waals surface area contributed by atoms with Crippen LogP contribution in [0.15, 0.2) is 84.9 Å². The van der Waals surface area contributed by atoms with Crippen LogP contribution in [-0.2, 0) is 17.8 Å². The first-order valence-corrected chi connectivity index (χ1v) is 14.0. The van der Waals surface area contributed by atoms with E-state index in [4.69, 9.17) is 9.72 Å². The number of pyridine rings is 1. The van der Waals surface area contributed by atoms with Crippen LogP contribution < -0.4 is 10.2 Å². The zero-order valence-electron chi connectivity index (χ0n) is 23.8. The minimum Gasteiger partial charge on any atom is -0.489 e. The Balaban J connectivity index is 1.25. The molecule has 1 heterocycles. The van der Waals surface area contributed by atoms with Crippen molar-refractivity contribution in [2.24, 2.45) is 17.8 Å². The largest absolute Gasteiger partial charge is 0.489 e. The molecule has 3 N–H and O–H groups in total. The average Bonchev–Trinajstić information content (AvgIpc) is 3.72. The molecule has 2 unspecified atom stereocenters. The lowest BCUT2D eigenvalue weighted by atomic mass is 10.0. The number of hydroxylamine groups is 1. The Morgan fingerprint density at radius 3 is 2.39 bits per heavy atom. The molecule has 3 aromatic carbocycles. The number of rotatable bonds is 12. The van der Waals surface area contributed by atoms with Gasteiger partial charge in [0.25, 0.3) is 0 Å². The molecule has 4 aromatic rings. The molecule has 4 atom stereocenters. The molecule has 1 aliphatic rings. The summed E-state index contributed by atoms with van der Waals surface area (Å²) in [6.45, 7) is 1.77. The number of hydrogen-bond acceptors (Lipinski definition) is 7. The summed E-state index contributed by atoms with van der Waals surface area (Å²) >= 11 is 0. The molecule has 0 bridgehead atoms. The molecule has 1 saturated carbocycles. The Morgan fingerprint density at radius 1 is 0.976 bits per heavy atom. The summed E-state index contributed by atoms with van der Waals surface area (Å²) in [5, 5.41) is 20.7. The summed E-state index contributed by atoms with van der Waals surface area (Å²) in [7, 11) is 5.72. The molecule has 5 rings (SSSR count). The predicted molar refractivity (Wildman–Crippen MR) is 159 cm³/mol. The lowest BCUT2D eigenvalue weighted by Gasteiger charge is -2.20. The molecular weight excluding hydrogens is 516 g/mol. The van der Waals surface area contributed by atoms with Crippen LogP contribution in [0.4, 0.5) is 0 Å². The minimum atomic E-state index is -1.14. The normalized spacial score (nSPS) is 18.8. The van der Waals surface area contributed by atoms with Gasteiger partial charge in [-0.05, 0) is 56.3 Å². The van der Waals surface area contributed by atoms with Gasteiger partial charge in [-0.25, -0.2) is 4.98 Å². The molecule has 0 saturated heterocycles. The third-order valence-corrected chi connectivity index (χ3v) is 7.93. The summed E-state index contributed by atoms with van der Waals surface area (Å²) in [6.07, 6.45) is -0.522. The molecule has 0 aliphatic heterocycles. The zero-order valence-corrected chi connectivity index (χ0v) is 23.8. The van der Waals surface area contributed by atoms with Crippen molar-refractivity contribution < 1.29 is 19.8 Å². The SMILES string of the molecule is CN(C)CCN(C)C(=O)C1[C@H](C(O)NO)[C@@H]1Cc1ccc(OCc2cc(-c3ccccc3)nc3ccccc23)cc1. The van der Waals surface area contributed by atoms with Gasteiger partial charge in [0.2, 0.25) is 5.91 Å². The van der Waals surface area contributed by atoms with Gasteiger partial charge in [0.1, 0.15) is 18.6 Å². The lowest BCUT2D eigenvalue weighted by Crippen LogP contribution is -2.36. The van der Waals surface area contributed by atoms with E-state index in [1.54, 1.807) is 11.9 Å². The van der Waals surface area contributed by atoms with Crippen LogP contribution in [0.1, 0.15) is 11.1 Å². The molecule has 1 aliphatic carbocycles. The molecule has 41 heavy (non-hydrogen) atoms. The quantitative estimate of drug-likeness (QED) is 0.178. The van der Waals surface area contributed by atoms with Crippen molar-refractivity contribution >= 4 is 16.8 Å². The number of nitrogens with zero attached hydrogens (tertiary/aromatic N) is 3. The van der Waals surface area contributed by atoms with Crippen molar-refractivity contribution in [3.8, 4) is 17.0 Å². The van der Waals surface area contributed by atoms with E-state index in [0.717, 1.165) is 45.6 Å². The summed E-state index contributed by atoms with van der Waals surface area (Å²) in [6, 6.07) is 28.2. The topological polar surface area (TPSA) is 98.2 Å². The second-order valence-electron chi connectivity index (χ2n) is 11.1. The fourth-order valence-electron chi connectivity index (χ4n) is 5.52. The maximum absolute atomic E-state index is 13.1. The molecule has 0 spiro atoms. The number of aliphatic hydroxyl groups is 1. The Hall–Kier alpha value is -3.82. The first-order valence-electron chi connectivity index (χ1n) is 14.0. The van der Waals surface area contributed by atoms with Gasteiger partial charge in [0, 0.05) is 48.5 Å². The molecule has 8 nitrogen and oxygen atoms in total. The predicted octanol–water partition coefficient (Wildman–Crippen LogP) is 4.20. The van der Waals surface area contributed by atoms with E-state index in [-0.39, 0.29) is 23.7 Å². The number of benzene rings is 3. The minimum absolute atomic E-state index is 0.00412. The van der Waals surface area contributed by atoms with Gasteiger partial charge in [-0.2, -0.15) is 5.48 Å². The number of likely N-dealkylation sites (N-methyl/N-ethyl adjacent to an activating group) is 2. The van der Waals surface area contributed by atoms with Crippen molar-refractivity contribution in [1.82, 2.24) is 20.3 Å². The monoisotopic (exact) mass is 554 g/mol. The molecule has 1 fully saturated rings. The number of para-hydroxylation sites is 1. The van der Waals surface area contributed by atoms with E-state index in [1.165, 1.54) is 0 Å². The van der Waals surface area contributed by atoms with Crippen LogP contribution >= 0.6 is 0 Å². The first kappa shape index (κ1) is 28.7. The van der Waals surface area contributed by atoms with Crippen molar-refractivity contribution in [3.05, 3.63) is 96.1 Å². The van der Waals surface area contributed by atoms with Gasteiger partial charge in [-0.1, -0.05) is 60.7 Å². The molecule has 0 radical (unpaired) electrons. The number of hydrogen-bond donors (Lipinski definition) is 3. The van der Waals surface area contributed by atoms with Gasteiger partial charge in [0.05, 0.1) is 11.2 Å². The number of aliphatic hydroxyl groups excluding tert-OH is 1. The fraction of sp³-hybridized carbons (Fsp3) is 0.333. The maximum Gasteiger partial charge on any atom is 0.226 e. The van der Waals surface area contributed by atoms with E-state index in [0.29, 0.717) is 19.6 Å². The van der Waals surface area contributed by atoms with Crippen LogP contribution in [0.3, 0.4) is 0 Å². The Kier molecular flexibility index (Phi) is 8.95. The average molecular weight is 555 g/mol. The summed E-state index contributed by atoms with van der Waals surface area (Å²) in [5.74, 6) is -0.00670. The highest BCUT2D eigenvalue weighted by Crippen LogP contribution is 2.51. The Labute approximate surface area is 241 Å². The smallest absolute Gasteiger partial charge is 0.226 e. The molecule has 8 heteroatoms. The van der Waals surface area contributed by atoms with Crippen LogP contribution in [-0.4, -0.2) is 71.5 Å². The summed E-state index contributed by atoms with van der Waals surface area (Å²) in [4.78, 5) is 21.7. The van der Waals surface area contributed by atoms with Gasteiger partial charge >= 0.3 is 0 Å². The number of carbonyl (C=O) groups excluding carboxylic acids is 1. The standard InChI is InChI=1S/C33H38N4O4/c1-36(2)17-18-37(3)33(39)31-27(30(31)32(38)35-40)19-22-13-15-25(16-14-22)41-21-24-20-29(23-9-5-4-6-10-23)34-28-12-8-7-11-26(24)28/h4-16,20,27,30-32,35,38,40H,17-19,21H2,1-3H3/t27-,30+,31?,32?/m0/s1. The van der Waals surface area contributed by atoms with Crippen molar-refractivity contribution in [2.75, 3.05) is 34.2 Å². The first-order chi connectivity index (χ1) is 19.9. The number of fused-ring (bicyclic) bond motifs is 1. The van der Waals surface area contributed by atoms with E-state index in [1.807, 2.05) is 85.1 Å². The number of amides is 1. The van der Waals surface area contributed by atoms with Crippen molar-refractivity contribution in [2.45, 2.75) is 19.3 Å². The third-order valence-electron chi connectivity index (χ3n) is 7.93. The Morgan fingerprint density at radius 2 is 1.68 bits per heavy atom. The van der Waals surface area contributed by atoms with Gasteiger partial charge < -0.3 is 24.9 Å². The van der Waals surface area contributed by atoms with Crippen LogP contribution in [0.2, 0.25) is 0 Å². The number of carbonyl (C=O) groups is 1.